The molecule has 0 aliphatic carbocycles. The van der Waals surface area contributed by atoms with Gasteiger partial charge in [0.2, 0.25) is 5.88 Å². The molecule has 2 heterocycles. The second-order valence-corrected chi connectivity index (χ2v) is 4.96. The van der Waals surface area contributed by atoms with Gasteiger partial charge in [-0.1, -0.05) is 18.2 Å². The van der Waals surface area contributed by atoms with Crippen molar-refractivity contribution >= 4 is 22.4 Å². The van der Waals surface area contributed by atoms with Crippen LogP contribution in [0.15, 0.2) is 30.5 Å². The van der Waals surface area contributed by atoms with Gasteiger partial charge in [0.25, 0.3) is 0 Å². The summed E-state index contributed by atoms with van der Waals surface area (Å²) in [4.78, 5) is 4.42. The maximum absolute atomic E-state index is 6.03. The SMILES string of the molecule is ClCc1cnc(OC2CCOCC2)c2ccccc12. The number of pyridine rings is 1. The topological polar surface area (TPSA) is 31.4 Å². The monoisotopic (exact) mass is 277 g/mol. The molecular formula is C15H16ClNO2. The van der Waals surface area contributed by atoms with E-state index in [0.29, 0.717) is 11.8 Å². The van der Waals surface area contributed by atoms with Crippen LogP contribution in [0.4, 0.5) is 0 Å². The van der Waals surface area contributed by atoms with Crippen molar-refractivity contribution in [3.8, 4) is 5.88 Å². The number of ether oxygens (including phenoxy) is 2. The lowest BCUT2D eigenvalue weighted by molar-refractivity contribution is 0.0244. The molecule has 0 spiro atoms. The lowest BCUT2D eigenvalue weighted by Gasteiger charge is -2.23. The van der Waals surface area contributed by atoms with Crippen LogP contribution in [0, 0.1) is 0 Å². The fourth-order valence-corrected chi connectivity index (χ4v) is 2.59. The number of halogens is 1. The van der Waals surface area contributed by atoms with Crippen LogP contribution in [0.2, 0.25) is 0 Å². The molecule has 0 bridgehead atoms. The van der Waals surface area contributed by atoms with Gasteiger partial charge in [0, 0.05) is 30.3 Å². The van der Waals surface area contributed by atoms with Crippen LogP contribution in [-0.4, -0.2) is 24.3 Å². The Labute approximate surface area is 117 Å². The maximum atomic E-state index is 6.03. The Kier molecular flexibility index (Phi) is 3.85. The molecule has 1 aromatic carbocycles. The van der Waals surface area contributed by atoms with Gasteiger partial charge in [0.15, 0.2) is 0 Å². The number of hydrogen-bond acceptors (Lipinski definition) is 3. The third kappa shape index (κ3) is 2.67. The minimum atomic E-state index is 0.200. The van der Waals surface area contributed by atoms with E-state index in [0.717, 1.165) is 42.4 Å². The largest absolute Gasteiger partial charge is 0.474 e. The van der Waals surface area contributed by atoms with Gasteiger partial charge in [-0.3, -0.25) is 0 Å². The molecule has 0 saturated carbocycles. The van der Waals surface area contributed by atoms with E-state index < -0.39 is 0 Å². The summed E-state index contributed by atoms with van der Waals surface area (Å²) in [6.45, 7) is 1.53. The van der Waals surface area contributed by atoms with E-state index in [1.807, 2.05) is 24.4 Å². The number of aromatic nitrogens is 1. The van der Waals surface area contributed by atoms with Crippen molar-refractivity contribution in [2.24, 2.45) is 0 Å². The molecule has 1 fully saturated rings. The van der Waals surface area contributed by atoms with Gasteiger partial charge in [0.1, 0.15) is 6.10 Å². The average Bonchev–Trinajstić information content (AvgIpc) is 2.49. The van der Waals surface area contributed by atoms with Crippen molar-refractivity contribution in [2.75, 3.05) is 13.2 Å². The molecule has 1 aliphatic heterocycles. The highest BCUT2D eigenvalue weighted by Gasteiger charge is 2.17. The van der Waals surface area contributed by atoms with Gasteiger partial charge in [-0.2, -0.15) is 0 Å². The minimum Gasteiger partial charge on any atom is -0.474 e. The number of nitrogens with zero attached hydrogens (tertiary/aromatic N) is 1. The highest BCUT2D eigenvalue weighted by atomic mass is 35.5. The van der Waals surface area contributed by atoms with E-state index >= 15 is 0 Å². The van der Waals surface area contributed by atoms with Crippen LogP contribution < -0.4 is 4.74 Å². The van der Waals surface area contributed by atoms with Crippen LogP contribution in [0.25, 0.3) is 10.8 Å². The third-order valence-corrected chi connectivity index (χ3v) is 3.72. The van der Waals surface area contributed by atoms with E-state index in [-0.39, 0.29) is 6.10 Å². The first-order valence-electron chi connectivity index (χ1n) is 6.55. The van der Waals surface area contributed by atoms with Gasteiger partial charge >= 0.3 is 0 Å². The molecule has 1 aliphatic rings. The fraction of sp³-hybridized carbons (Fsp3) is 0.400. The number of fused-ring (bicyclic) bond motifs is 1. The summed E-state index contributed by atoms with van der Waals surface area (Å²) in [5.74, 6) is 1.17. The molecule has 4 heteroatoms. The Morgan fingerprint density at radius 1 is 1.21 bits per heavy atom. The first-order valence-corrected chi connectivity index (χ1v) is 7.09. The summed E-state index contributed by atoms with van der Waals surface area (Å²) < 4.78 is 11.4. The van der Waals surface area contributed by atoms with Crippen molar-refractivity contribution in [3.63, 3.8) is 0 Å². The van der Waals surface area contributed by atoms with Crippen molar-refractivity contribution in [1.82, 2.24) is 4.98 Å². The van der Waals surface area contributed by atoms with Crippen molar-refractivity contribution in [3.05, 3.63) is 36.0 Å². The van der Waals surface area contributed by atoms with Crippen LogP contribution in [-0.2, 0) is 10.6 Å². The predicted molar refractivity (Wildman–Crippen MR) is 75.8 cm³/mol. The summed E-state index contributed by atoms with van der Waals surface area (Å²) >= 11 is 5.95. The molecule has 0 N–H and O–H groups in total. The van der Waals surface area contributed by atoms with E-state index in [1.165, 1.54) is 0 Å². The molecule has 1 saturated heterocycles. The molecule has 3 nitrogen and oxygen atoms in total. The number of rotatable bonds is 3. The van der Waals surface area contributed by atoms with Crippen molar-refractivity contribution in [2.45, 2.75) is 24.8 Å². The van der Waals surface area contributed by atoms with E-state index in [4.69, 9.17) is 21.1 Å². The quantitative estimate of drug-likeness (QED) is 0.804. The number of benzene rings is 1. The van der Waals surface area contributed by atoms with Gasteiger partial charge in [0.05, 0.1) is 13.2 Å². The fourth-order valence-electron chi connectivity index (χ4n) is 2.38. The van der Waals surface area contributed by atoms with E-state index in [2.05, 4.69) is 11.1 Å². The van der Waals surface area contributed by atoms with Crippen LogP contribution in [0.3, 0.4) is 0 Å². The highest BCUT2D eigenvalue weighted by molar-refractivity contribution is 6.18. The highest BCUT2D eigenvalue weighted by Crippen LogP contribution is 2.28. The second-order valence-electron chi connectivity index (χ2n) is 4.70. The Hall–Kier alpha value is -1.32. The predicted octanol–water partition coefficient (Wildman–Crippen LogP) is 3.53. The first-order chi connectivity index (χ1) is 9.38. The summed E-state index contributed by atoms with van der Waals surface area (Å²) in [7, 11) is 0. The standard InChI is InChI=1S/C15H16ClNO2/c16-9-11-10-17-15(14-4-2-1-3-13(11)14)19-12-5-7-18-8-6-12/h1-4,10,12H,5-9H2. The molecule has 0 atom stereocenters. The lowest BCUT2D eigenvalue weighted by Crippen LogP contribution is -2.26. The smallest absolute Gasteiger partial charge is 0.221 e. The first kappa shape index (κ1) is 12.7. The molecule has 0 unspecified atom stereocenters. The molecular weight excluding hydrogens is 262 g/mol. The van der Waals surface area contributed by atoms with Crippen LogP contribution in [0.5, 0.6) is 5.88 Å². The van der Waals surface area contributed by atoms with E-state index in [1.54, 1.807) is 0 Å². The maximum Gasteiger partial charge on any atom is 0.221 e. The summed E-state index contributed by atoms with van der Waals surface area (Å²) in [6.07, 6.45) is 3.86. The Bertz CT molecular complexity index is 567. The summed E-state index contributed by atoms with van der Waals surface area (Å²) in [5.41, 5.74) is 1.04. The molecule has 0 radical (unpaired) electrons. The Morgan fingerprint density at radius 2 is 1.95 bits per heavy atom. The zero-order valence-electron chi connectivity index (χ0n) is 10.6. The molecule has 19 heavy (non-hydrogen) atoms. The normalized spacial score (nSPS) is 16.7. The Morgan fingerprint density at radius 3 is 2.68 bits per heavy atom. The summed E-state index contributed by atoms with van der Waals surface area (Å²) in [5, 5.41) is 2.15. The number of alkyl halides is 1. The number of hydrogen-bond donors (Lipinski definition) is 0. The second kappa shape index (κ2) is 5.76. The molecule has 100 valence electrons. The lowest BCUT2D eigenvalue weighted by atomic mass is 10.1. The molecule has 3 rings (SSSR count). The van der Waals surface area contributed by atoms with Gasteiger partial charge < -0.3 is 9.47 Å². The Balaban J connectivity index is 1.94. The van der Waals surface area contributed by atoms with Gasteiger partial charge in [-0.05, 0) is 17.0 Å². The van der Waals surface area contributed by atoms with Crippen molar-refractivity contribution < 1.29 is 9.47 Å². The van der Waals surface area contributed by atoms with E-state index in [9.17, 15) is 0 Å². The van der Waals surface area contributed by atoms with Crippen LogP contribution in [0.1, 0.15) is 18.4 Å². The van der Waals surface area contributed by atoms with Crippen LogP contribution >= 0.6 is 11.6 Å². The minimum absolute atomic E-state index is 0.200. The third-order valence-electron chi connectivity index (χ3n) is 3.43. The van der Waals surface area contributed by atoms with Gasteiger partial charge in [-0.25, -0.2) is 4.98 Å². The molecule has 1 aromatic heterocycles. The average molecular weight is 278 g/mol. The van der Waals surface area contributed by atoms with Crippen molar-refractivity contribution in [1.29, 1.82) is 0 Å². The molecule has 2 aromatic rings. The molecule has 0 amide bonds. The van der Waals surface area contributed by atoms with Gasteiger partial charge in [-0.15, -0.1) is 11.6 Å². The zero-order chi connectivity index (χ0) is 13.1. The zero-order valence-corrected chi connectivity index (χ0v) is 11.4. The summed E-state index contributed by atoms with van der Waals surface area (Å²) in [6, 6.07) is 8.11.